The first-order valence-corrected chi connectivity index (χ1v) is 9.32. The average molecular weight is 329 g/mol. The largest absolute Gasteiger partial charge is 0.496 e. The summed E-state index contributed by atoms with van der Waals surface area (Å²) in [6.07, 6.45) is 1.02. The summed E-state index contributed by atoms with van der Waals surface area (Å²) in [4.78, 5) is -0.0810. The Kier molecular flexibility index (Phi) is 4.70. The summed E-state index contributed by atoms with van der Waals surface area (Å²) >= 11 is 0. The maximum atomic E-state index is 11.6. The summed E-state index contributed by atoms with van der Waals surface area (Å²) in [5, 5.41) is 0. The van der Waals surface area contributed by atoms with Crippen LogP contribution in [-0.4, -0.2) is 37.3 Å². The SMILES string of the molecule is COc1cc(S(C)(=O)=O)c(OC)cc1CS(=O)(=O)Cl. The fourth-order valence-corrected chi connectivity index (χ4v) is 3.30. The molecule has 1 aromatic rings. The molecule has 0 aromatic heterocycles. The molecular weight excluding hydrogens is 316 g/mol. The van der Waals surface area contributed by atoms with Crippen molar-refractivity contribution in [2.45, 2.75) is 10.6 Å². The van der Waals surface area contributed by atoms with Gasteiger partial charge in [-0.3, -0.25) is 0 Å². The first-order valence-electron chi connectivity index (χ1n) is 4.96. The van der Waals surface area contributed by atoms with Gasteiger partial charge in [-0.05, 0) is 6.07 Å². The topological polar surface area (TPSA) is 86.7 Å². The van der Waals surface area contributed by atoms with Crippen molar-refractivity contribution in [3.8, 4) is 11.5 Å². The van der Waals surface area contributed by atoms with Crippen LogP contribution >= 0.6 is 10.7 Å². The number of hydrogen-bond acceptors (Lipinski definition) is 6. The summed E-state index contributed by atoms with van der Waals surface area (Å²) in [5.74, 6) is -0.331. The maximum absolute atomic E-state index is 11.6. The second kappa shape index (κ2) is 5.56. The lowest BCUT2D eigenvalue weighted by molar-refractivity contribution is 0.390. The summed E-state index contributed by atoms with van der Waals surface area (Å²) in [6.45, 7) is 0. The number of methoxy groups -OCH3 is 2. The van der Waals surface area contributed by atoms with Crippen LogP contribution in [-0.2, 0) is 24.6 Å². The molecule has 19 heavy (non-hydrogen) atoms. The molecule has 0 saturated carbocycles. The molecule has 1 rings (SSSR count). The standard InChI is InChI=1S/C10H13ClO6S2/c1-16-8-5-10(18(3,12)13)9(17-2)4-7(8)6-19(11,14)15/h4-5H,6H2,1-3H3. The fraction of sp³-hybridized carbons (Fsp3) is 0.400. The molecule has 0 saturated heterocycles. The van der Waals surface area contributed by atoms with Gasteiger partial charge in [0, 0.05) is 28.6 Å². The Labute approximate surface area is 116 Å². The molecule has 0 bridgehead atoms. The van der Waals surface area contributed by atoms with Gasteiger partial charge in [-0.1, -0.05) is 0 Å². The number of ether oxygens (including phenoxy) is 2. The minimum Gasteiger partial charge on any atom is -0.496 e. The van der Waals surface area contributed by atoms with Crippen LogP contribution in [0.5, 0.6) is 11.5 Å². The number of rotatable bonds is 5. The van der Waals surface area contributed by atoms with Crippen LogP contribution in [0, 0.1) is 0 Å². The second-order valence-electron chi connectivity index (χ2n) is 3.77. The normalized spacial score (nSPS) is 12.2. The van der Waals surface area contributed by atoms with Crippen molar-refractivity contribution in [1.29, 1.82) is 0 Å². The molecule has 6 nitrogen and oxygen atoms in total. The fourth-order valence-electron chi connectivity index (χ4n) is 1.52. The van der Waals surface area contributed by atoms with Crippen LogP contribution in [0.15, 0.2) is 17.0 Å². The third-order valence-electron chi connectivity index (χ3n) is 2.29. The summed E-state index contributed by atoms with van der Waals surface area (Å²) in [7, 11) is 0.449. The Balaban J connectivity index is 3.53. The predicted molar refractivity (Wildman–Crippen MR) is 71.1 cm³/mol. The molecule has 9 heteroatoms. The van der Waals surface area contributed by atoms with E-state index in [2.05, 4.69) is 0 Å². The van der Waals surface area contributed by atoms with E-state index in [0.717, 1.165) is 6.26 Å². The lowest BCUT2D eigenvalue weighted by Gasteiger charge is -2.13. The van der Waals surface area contributed by atoms with Crippen LogP contribution in [0.25, 0.3) is 0 Å². The molecule has 0 heterocycles. The average Bonchev–Trinajstić information content (AvgIpc) is 2.24. The van der Waals surface area contributed by atoms with Crippen LogP contribution in [0.2, 0.25) is 0 Å². The number of sulfone groups is 1. The lowest BCUT2D eigenvalue weighted by Crippen LogP contribution is -2.05. The van der Waals surface area contributed by atoms with Crippen molar-refractivity contribution in [3.05, 3.63) is 17.7 Å². The third-order valence-corrected chi connectivity index (χ3v) is 4.40. The van der Waals surface area contributed by atoms with Gasteiger partial charge in [-0.15, -0.1) is 0 Å². The van der Waals surface area contributed by atoms with Gasteiger partial charge in [0.25, 0.3) is 0 Å². The Morgan fingerprint density at radius 3 is 1.95 bits per heavy atom. The molecule has 0 radical (unpaired) electrons. The molecule has 0 aliphatic carbocycles. The van der Waals surface area contributed by atoms with E-state index < -0.39 is 24.6 Å². The first-order chi connectivity index (χ1) is 8.58. The van der Waals surface area contributed by atoms with Crippen molar-refractivity contribution in [2.24, 2.45) is 0 Å². The van der Waals surface area contributed by atoms with Gasteiger partial charge in [0.2, 0.25) is 9.05 Å². The lowest BCUT2D eigenvalue weighted by atomic mass is 10.2. The number of halogens is 1. The van der Waals surface area contributed by atoms with E-state index in [1.54, 1.807) is 0 Å². The van der Waals surface area contributed by atoms with Crippen LogP contribution in [0.1, 0.15) is 5.56 Å². The highest BCUT2D eigenvalue weighted by atomic mass is 35.7. The summed E-state index contributed by atoms with van der Waals surface area (Å²) in [5.41, 5.74) is 0.224. The quantitative estimate of drug-likeness (QED) is 0.754. The first kappa shape index (κ1) is 16.1. The zero-order valence-electron chi connectivity index (χ0n) is 10.5. The van der Waals surface area contributed by atoms with Gasteiger partial charge in [0.05, 0.1) is 20.0 Å². The molecule has 1 aromatic carbocycles. The third kappa shape index (κ3) is 4.26. The van der Waals surface area contributed by atoms with E-state index in [9.17, 15) is 16.8 Å². The van der Waals surface area contributed by atoms with Gasteiger partial charge >= 0.3 is 0 Å². The molecule has 0 fully saturated rings. The molecule has 0 aliphatic rings. The summed E-state index contributed by atoms with van der Waals surface area (Å²) < 4.78 is 55.3. The van der Waals surface area contributed by atoms with Gasteiger partial charge in [-0.25, -0.2) is 16.8 Å². The molecule has 0 spiro atoms. The molecule has 0 unspecified atom stereocenters. The van der Waals surface area contributed by atoms with Crippen LogP contribution < -0.4 is 9.47 Å². The van der Waals surface area contributed by atoms with E-state index in [-0.39, 0.29) is 22.0 Å². The van der Waals surface area contributed by atoms with E-state index in [1.165, 1.54) is 26.4 Å². The van der Waals surface area contributed by atoms with Crippen molar-refractivity contribution >= 4 is 29.6 Å². The Hall–Kier alpha value is -0.990. The molecule has 108 valence electrons. The number of benzene rings is 1. The van der Waals surface area contributed by atoms with Crippen LogP contribution in [0.4, 0.5) is 0 Å². The molecule has 0 atom stereocenters. The molecule has 0 aliphatic heterocycles. The van der Waals surface area contributed by atoms with E-state index >= 15 is 0 Å². The van der Waals surface area contributed by atoms with Crippen molar-refractivity contribution < 1.29 is 26.3 Å². The Bertz CT molecular complexity index is 678. The van der Waals surface area contributed by atoms with Gasteiger partial charge < -0.3 is 9.47 Å². The maximum Gasteiger partial charge on any atom is 0.236 e. The zero-order valence-corrected chi connectivity index (χ0v) is 12.9. The minimum atomic E-state index is -3.80. The van der Waals surface area contributed by atoms with Crippen molar-refractivity contribution in [2.75, 3.05) is 20.5 Å². The zero-order chi connectivity index (χ0) is 14.8. The predicted octanol–water partition coefficient (Wildman–Crippen LogP) is 1.18. The smallest absolute Gasteiger partial charge is 0.236 e. The number of hydrogen-bond donors (Lipinski definition) is 0. The van der Waals surface area contributed by atoms with Gasteiger partial charge in [-0.2, -0.15) is 0 Å². The minimum absolute atomic E-state index is 0.0404. The highest BCUT2D eigenvalue weighted by Gasteiger charge is 2.21. The van der Waals surface area contributed by atoms with Crippen molar-refractivity contribution in [1.82, 2.24) is 0 Å². The Morgan fingerprint density at radius 2 is 1.58 bits per heavy atom. The van der Waals surface area contributed by atoms with E-state index in [4.69, 9.17) is 20.2 Å². The van der Waals surface area contributed by atoms with Gasteiger partial charge in [0.15, 0.2) is 9.84 Å². The monoisotopic (exact) mass is 328 g/mol. The highest BCUT2D eigenvalue weighted by molar-refractivity contribution is 8.13. The molecule has 0 N–H and O–H groups in total. The Morgan fingerprint density at radius 1 is 1.05 bits per heavy atom. The van der Waals surface area contributed by atoms with E-state index in [1.807, 2.05) is 0 Å². The van der Waals surface area contributed by atoms with E-state index in [0.29, 0.717) is 0 Å². The van der Waals surface area contributed by atoms with Crippen molar-refractivity contribution in [3.63, 3.8) is 0 Å². The molecule has 0 amide bonds. The summed E-state index contributed by atoms with van der Waals surface area (Å²) in [6, 6.07) is 2.50. The van der Waals surface area contributed by atoms with Crippen LogP contribution in [0.3, 0.4) is 0 Å². The molecular formula is C10H13ClO6S2. The van der Waals surface area contributed by atoms with Gasteiger partial charge in [0.1, 0.15) is 16.4 Å². The highest BCUT2D eigenvalue weighted by Crippen LogP contribution is 2.33. The second-order valence-corrected chi connectivity index (χ2v) is 8.53.